The van der Waals surface area contributed by atoms with Gasteiger partial charge in [-0.2, -0.15) is 0 Å². The molecule has 1 aromatic rings. The van der Waals surface area contributed by atoms with Gasteiger partial charge < -0.3 is 15.4 Å². The van der Waals surface area contributed by atoms with Crippen molar-refractivity contribution < 1.29 is 19.1 Å². The van der Waals surface area contributed by atoms with Crippen LogP contribution in [-0.4, -0.2) is 55.0 Å². The van der Waals surface area contributed by atoms with Gasteiger partial charge in [0.1, 0.15) is 5.75 Å². The lowest BCUT2D eigenvalue weighted by Gasteiger charge is -2.56. The summed E-state index contributed by atoms with van der Waals surface area (Å²) < 4.78 is 5.24. The second-order valence-electron chi connectivity index (χ2n) is 10.1. The highest BCUT2D eigenvalue weighted by Crippen LogP contribution is 2.55. The van der Waals surface area contributed by atoms with Crippen molar-refractivity contribution in [1.29, 1.82) is 0 Å². The van der Waals surface area contributed by atoms with E-state index < -0.39 is 18.0 Å². The number of hydrogen-bond donors (Lipinski definition) is 3. The highest BCUT2D eigenvalue weighted by Gasteiger charge is 2.51. The van der Waals surface area contributed by atoms with Crippen molar-refractivity contribution in [3.05, 3.63) is 23.2 Å². The number of imide groups is 1. The second-order valence-corrected chi connectivity index (χ2v) is 10.6. The van der Waals surface area contributed by atoms with Crippen molar-refractivity contribution >= 4 is 35.1 Å². The number of methoxy groups -OCH3 is 1. The highest BCUT2D eigenvalue weighted by molar-refractivity contribution is 6.31. The Bertz CT molecular complexity index is 902. The maximum atomic E-state index is 12.7. The van der Waals surface area contributed by atoms with E-state index in [-0.39, 0.29) is 18.0 Å². The van der Waals surface area contributed by atoms with Gasteiger partial charge >= 0.3 is 6.03 Å². The Morgan fingerprint density at radius 2 is 1.76 bits per heavy atom. The number of rotatable bonds is 7. The smallest absolute Gasteiger partial charge is 0.321 e. The normalized spacial score (nSPS) is 28.3. The van der Waals surface area contributed by atoms with Crippen LogP contribution in [0.5, 0.6) is 5.75 Å². The molecule has 5 rings (SSSR count). The number of hydrogen-bond acceptors (Lipinski definition) is 5. The largest absolute Gasteiger partial charge is 0.495 e. The minimum atomic E-state index is -0.667. The van der Waals surface area contributed by atoms with Gasteiger partial charge in [0.15, 0.2) is 0 Å². The fourth-order valence-corrected chi connectivity index (χ4v) is 6.46. The van der Waals surface area contributed by atoms with Crippen molar-refractivity contribution in [1.82, 2.24) is 15.5 Å². The van der Waals surface area contributed by atoms with Crippen molar-refractivity contribution in [2.24, 2.45) is 17.8 Å². The Morgan fingerprint density at radius 1 is 1.15 bits per heavy atom. The molecule has 180 valence electrons. The van der Waals surface area contributed by atoms with E-state index in [0.717, 1.165) is 19.3 Å². The third kappa shape index (κ3) is 5.44. The topological polar surface area (TPSA) is 99.8 Å². The van der Waals surface area contributed by atoms with Crippen molar-refractivity contribution in [2.75, 3.05) is 26.0 Å². The predicted octanol–water partition coefficient (Wildman–Crippen LogP) is 3.40. The average Bonchev–Trinajstić information content (AvgIpc) is 2.71. The minimum Gasteiger partial charge on any atom is -0.495 e. The number of anilines is 1. The first-order valence-corrected chi connectivity index (χ1v) is 12.0. The maximum Gasteiger partial charge on any atom is 0.321 e. The van der Waals surface area contributed by atoms with Gasteiger partial charge in [0, 0.05) is 10.6 Å². The van der Waals surface area contributed by atoms with E-state index in [0.29, 0.717) is 34.2 Å². The number of urea groups is 1. The molecular formula is C24H33ClN4O4. The molecule has 0 spiro atoms. The van der Waals surface area contributed by atoms with Crippen molar-refractivity contribution in [2.45, 2.75) is 57.0 Å². The first-order chi connectivity index (χ1) is 15.7. The highest BCUT2D eigenvalue weighted by atomic mass is 35.5. The molecule has 0 radical (unpaired) electrons. The average molecular weight is 477 g/mol. The van der Waals surface area contributed by atoms with Gasteiger partial charge in [0.2, 0.25) is 11.8 Å². The fraction of sp³-hybridized carbons (Fsp3) is 0.625. The molecule has 4 saturated carbocycles. The van der Waals surface area contributed by atoms with Crippen LogP contribution in [-0.2, 0) is 9.59 Å². The summed E-state index contributed by atoms with van der Waals surface area (Å²) in [7, 11) is 3.17. The molecule has 4 amide bonds. The molecule has 4 fully saturated rings. The molecular weight excluding hydrogens is 444 g/mol. The van der Waals surface area contributed by atoms with Crippen LogP contribution in [0.1, 0.15) is 45.4 Å². The molecule has 3 N–H and O–H groups in total. The van der Waals surface area contributed by atoms with Crippen LogP contribution in [0.4, 0.5) is 10.5 Å². The van der Waals surface area contributed by atoms with Crippen LogP contribution < -0.4 is 20.7 Å². The molecule has 4 aliphatic rings. The summed E-state index contributed by atoms with van der Waals surface area (Å²) in [6.07, 6.45) is 6.90. The molecule has 1 aromatic carbocycles. The van der Waals surface area contributed by atoms with E-state index in [9.17, 15) is 14.4 Å². The van der Waals surface area contributed by atoms with Gasteiger partial charge in [-0.15, -0.1) is 0 Å². The van der Waals surface area contributed by atoms with E-state index in [1.54, 1.807) is 37.1 Å². The fourth-order valence-electron chi connectivity index (χ4n) is 6.28. The number of carbonyl (C=O) groups excluding carboxylic acids is 3. The molecule has 1 atom stereocenters. The van der Waals surface area contributed by atoms with Crippen molar-refractivity contribution in [3.63, 3.8) is 0 Å². The van der Waals surface area contributed by atoms with Crippen LogP contribution in [0.3, 0.4) is 0 Å². The SMILES string of the molecule is COc1ccc(Cl)cc1NC(=O)CN(C)C(C)C(=O)NC(=O)NC12CC3CC(CC(C3)C1)C2. The molecule has 1 unspecified atom stereocenters. The Labute approximate surface area is 199 Å². The van der Waals surface area contributed by atoms with Crippen LogP contribution in [0, 0.1) is 17.8 Å². The lowest BCUT2D eigenvalue weighted by Crippen LogP contribution is -2.62. The first-order valence-electron chi connectivity index (χ1n) is 11.6. The predicted molar refractivity (Wildman–Crippen MR) is 126 cm³/mol. The molecule has 9 heteroatoms. The summed E-state index contributed by atoms with van der Waals surface area (Å²) in [5.74, 6) is 1.84. The number of likely N-dealkylation sites (N-methyl/N-ethyl adjacent to an activating group) is 1. The first kappa shape index (κ1) is 23.8. The summed E-state index contributed by atoms with van der Waals surface area (Å²) in [4.78, 5) is 39.4. The van der Waals surface area contributed by atoms with Crippen LogP contribution in [0.15, 0.2) is 18.2 Å². The molecule has 0 aliphatic heterocycles. The molecule has 0 aromatic heterocycles. The lowest BCUT2D eigenvalue weighted by molar-refractivity contribution is -0.125. The molecule has 0 heterocycles. The van der Waals surface area contributed by atoms with E-state index >= 15 is 0 Å². The zero-order valence-corrected chi connectivity index (χ0v) is 20.2. The van der Waals surface area contributed by atoms with Crippen LogP contribution in [0.2, 0.25) is 5.02 Å². The Balaban J connectivity index is 1.27. The number of ether oxygens (including phenoxy) is 1. The molecule has 4 bridgehead atoms. The number of nitrogens with zero attached hydrogens (tertiary/aromatic N) is 1. The van der Waals surface area contributed by atoms with E-state index in [1.165, 1.54) is 26.4 Å². The van der Waals surface area contributed by atoms with Crippen LogP contribution in [0.25, 0.3) is 0 Å². The summed E-state index contributed by atoms with van der Waals surface area (Å²) in [5.41, 5.74) is 0.292. The Kier molecular flexibility index (Phi) is 6.86. The zero-order chi connectivity index (χ0) is 23.8. The van der Waals surface area contributed by atoms with Gasteiger partial charge in [-0.1, -0.05) is 11.6 Å². The summed E-state index contributed by atoms with van der Waals surface area (Å²) in [6.45, 7) is 1.63. The quantitative estimate of drug-likeness (QED) is 0.560. The molecule has 33 heavy (non-hydrogen) atoms. The van der Waals surface area contributed by atoms with Gasteiger partial charge in [-0.05, 0) is 88.4 Å². The van der Waals surface area contributed by atoms with Crippen molar-refractivity contribution in [3.8, 4) is 5.75 Å². The standard InChI is InChI=1S/C24H33ClN4O4/c1-14(29(2)13-21(30)26-19-9-18(25)4-5-20(19)33-3)22(31)27-23(32)28-24-10-15-6-16(11-24)8-17(7-15)12-24/h4-5,9,14-17H,6-8,10-13H2,1-3H3,(H,26,30)(H2,27,28,31,32). The van der Waals surface area contributed by atoms with Gasteiger partial charge in [0.25, 0.3) is 0 Å². The minimum absolute atomic E-state index is 0.0408. The Hall–Kier alpha value is -2.32. The zero-order valence-electron chi connectivity index (χ0n) is 19.4. The van der Waals surface area contributed by atoms with E-state index in [1.807, 2.05) is 0 Å². The number of halogens is 1. The van der Waals surface area contributed by atoms with Gasteiger partial charge in [-0.25, -0.2) is 4.79 Å². The molecule has 4 aliphatic carbocycles. The van der Waals surface area contributed by atoms with Gasteiger partial charge in [-0.3, -0.25) is 19.8 Å². The summed E-state index contributed by atoms with van der Waals surface area (Å²) in [6, 6.07) is 3.83. The maximum absolute atomic E-state index is 12.7. The van der Waals surface area contributed by atoms with E-state index in [2.05, 4.69) is 16.0 Å². The Morgan fingerprint density at radius 3 is 2.33 bits per heavy atom. The number of amides is 4. The molecule has 8 nitrogen and oxygen atoms in total. The number of nitrogens with one attached hydrogen (secondary N) is 3. The molecule has 0 saturated heterocycles. The lowest BCUT2D eigenvalue weighted by atomic mass is 9.53. The summed E-state index contributed by atoms with van der Waals surface area (Å²) >= 11 is 6.01. The third-order valence-electron chi connectivity index (χ3n) is 7.52. The number of carbonyl (C=O) groups is 3. The monoisotopic (exact) mass is 476 g/mol. The van der Waals surface area contributed by atoms with Crippen LogP contribution >= 0.6 is 11.6 Å². The third-order valence-corrected chi connectivity index (χ3v) is 7.76. The second kappa shape index (κ2) is 9.50. The summed E-state index contributed by atoms with van der Waals surface area (Å²) in [5, 5.41) is 8.85. The van der Waals surface area contributed by atoms with Gasteiger partial charge in [0.05, 0.1) is 25.4 Å². The van der Waals surface area contributed by atoms with E-state index in [4.69, 9.17) is 16.3 Å². The number of benzene rings is 1.